The van der Waals surface area contributed by atoms with Gasteiger partial charge in [0, 0.05) is 38.3 Å². The predicted molar refractivity (Wildman–Crippen MR) is 84.8 cm³/mol. The number of nitrogens with zero attached hydrogens (tertiary/aromatic N) is 2. The average molecular weight is 323 g/mol. The molecule has 0 saturated carbocycles. The van der Waals surface area contributed by atoms with Crippen molar-refractivity contribution >= 4 is 21.6 Å². The van der Waals surface area contributed by atoms with Gasteiger partial charge in [-0.25, -0.2) is 13.6 Å². The van der Waals surface area contributed by atoms with E-state index in [0.717, 1.165) is 24.3 Å². The highest BCUT2D eigenvalue weighted by atomic mass is 32.2. The SMILES string of the molecule is NS(=O)(=O)C1CC(=O)N(Cc2ccccc2N2CCCC2)C1. The third-order valence-electron chi connectivity index (χ3n) is 4.44. The maximum absolute atomic E-state index is 12.1. The first kappa shape index (κ1) is 15.3. The van der Waals surface area contributed by atoms with E-state index < -0.39 is 15.3 Å². The first-order chi connectivity index (χ1) is 10.4. The zero-order chi connectivity index (χ0) is 15.7. The van der Waals surface area contributed by atoms with Crippen molar-refractivity contribution in [2.45, 2.75) is 31.1 Å². The molecule has 2 aliphatic heterocycles. The zero-order valence-corrected chi connectivity index (χ0v) is 13.3. The second-order valence-corrected chi connectivity index (χ2v) is 7.86. The van der Waals surface area contributed by atoms with Crippen LogP contribution in [0.5, 0.6) is 0 Å². The van der Waals surface area contributed by atoms with Crippen molar-refractivity contribution in [3.05, 3.63) is 29.8 Å². The summed E-state index contributed by atoms with van der Waals surface area (Å²) in [7, 11) is -3.66. The lowest BCUT2D eigenvalue weighted by Crippen LogP contribution is -2.32. The van der Waals surface area contributed by atoms with Crippen LogP contribution in [-0.4, -0.2) is 44.1 Å². The molecule has 6 nitrogen and oxygen atoms in total. The van der Waals surface area contributed by atoms with Crippen molar-refractivity contribution in [3.8, 4) is 0 Å². The molecule has 1 aromatic rings. The quantitative estimate of drug-likeness (QED) is 0.883. The molecule has 2 saturated heterocycles. The van der Waals surface area contributed by atoms with Crippen molar-refractivity contribution in [2.24, 2.45) is 5.14 Å². The predicted octanol–water partition coefficient (Wildman–Crippen LogP) is 0.676. The number of carbonyl (C=O) groups excluding carboxylic acids is 1. The lowest BCUT2D eigenvalue weighted by molar-refractivity contribution is -0.128. The molecule has 2 fully saturated rings. The van der Waals surface area contributed by atoms with E-state index in [9.17, 15) is 13.2 Å². The Morgan fingerprint density at radius 1 is 1.18 bits per heavy atom. The number of likely N-dealkylation sites (tertiary alicyclic amines) is 1. The molecule has 2 N–H and O–H groups in total. The van der Waals surface area contributed by atoms with Crippen LogP contribution in [0.2, 0.25) is 0 Å². The lowest BCUT2D eigenvalue weighted by atomic mass is 10.1. The summed E-state index contributed by atoms with van der Waals surface area (Å²) in [5, 5.41) is 4.39. The number of para-hydroxylation sites is 1. The molecular weight excluding hydrogens is 302 g/mol. The Labute approximate surface area is 130 Å². The van der Waals surface area contributed by atoms with Crippen molar-refractivity contribution in [2.75, 3.05) is 24.5 Å². The molecule has 1 aromatic carbocycles. The van der Waals surface area contributed by atoms with Gasteiger partial charge in [-0.05, 0) is 24.5 Å². The fourth-order valence-electron chi connectivity index (χ4n) is 3.23. The maximum Gasteiger partial charge on any atom is 0.224 e. The van der Waals surface area contributed by atoms with Crippen LogP contribution in [0.15, 0.2) is 24.3 Å². The number of amides is 1. The molecule has 0 aliphatic carbocycles. The normalized spacial score (nSPS) is 22.6. The van der Waals surface area contributed by atoms with Crippen LogP contribution in [0.1, 0.15) is 24.8 Å². The molecule has 22 heavy (non-hydrogen) atoms. The Morgan fingerprint density at radius 2 is 1.86 bits per heavy atom. The van der Waals surface area contributed by atoms with E-state index in [1.54, 1.807) is 4.90 Å². The average Bonchev–Trinajstić information content (AvgIpc) is 3.10. The zero-order valence-electron chi connectivity index (χ0n) is 12.4. The van der Waals surface area contributed by atoms with Gasteiger partial charge in [0.1, 0.15) is 5.25 Å². The van der Waals surface area contributed by atoms with E-state index in [1.165, 1.54) is 12.8 Å². The third kappa shape index (κ3) is 3.10. The van der Waals surface area contributed by atoms with Gasteiger partial charge in [0.15, 0.2) is 0 Å². The van der Waals surface area contributed by atoms with Crippen LogP contribution in [0.3, 0.4) is 0 Å². The summed E-state index contributed by atoms with van der Waals surface area (Å²) >= 11 is 0. The van der Waals surface area contributed by atoms with Gasteiger partial charge in [-0.2, -0.15) is 0 Å². The summed E-state index contributed by atoms with van der Waals surface area (Å²) in [6.45, 7) is 2.69. The standard InChI is InChI=1S/C15H21N3O3S/c16-22(20,21)13-9-15(19)18(11-13)10-12-5-1-2-6-14(12)17-7-3-4-8-17/h1-2,5-6,13H,3-4,7-11H2,(H2,16,20,21). The first-order valence-electron chi connectivity index (χ1n) is 7.57. The fraction of sp³-hybridized carbons (Fsp3) is 0.533. The van der Waals surface area contributed by atoms with E-state index in [4.69, 9.17) is 5.14 Å². The number of rotatable bonds is 4. The highest BCUT2D eigenvalue weighted by molar-refractivity contribution is 7.89. The molecule has 2 aliphatic rings. The van der Waals surface area contributed by atoms with E-state index in [2.05, 4.69) is 11.0 Å². The number of anilines is 1. The highest BCUT2D eigenvalue weighted by Gasteiger charge is 2.36. The number of benzene rings is 1. The van der Waals surface area contributed by atoms with Gasteiger partial charge >= 0.3 is 0 Å². The van der Waals surface area contributed by atoms with Gasteiger partial charge in [0.25, 0.3) is 0 Å². The molecule has 1 unspecified atom stereocenters. The minimum absolute atomic E-state index is 0.00921. The topological polar surface area (TPSA) is 83.7 Å². The van der Waals surface area contributed by atoms with Gasteiger partial charge in [-0.1, -0.05) is 18.2 Å². The Kier molecular flexibility index (Phi) is 4.10. The molecule has 7 heteroatoms. The second kappa shape index (κ2) is 5.89. The third-order valence-corrected chi connectivity index (χ3v) is 5.69. The summed E-state index contributed by atoms with van der Waals surface area (Å²) in [6.07, 6.45) is 2.36. The summed E-state index contributed by atoms with van der Waals surface area (Å²) in [6, 6.07) is 8.02. The molecule has 1 atom stereocenters. The van der Waals surface area contributed by atoms with Crippen LogP contribution in [0, 0.1) is 0 Å². The van der Waals surface area contributed by atoms with E-state index in [1.807, 2.05) is 18.2 Å². The van der Waals surface area contributed by atoms with Crippen molar-refractivity contribution < 1.29 is 13.2 Å². The van der Waals surface area contributed by atoms with Gasteiger partial charge in [0.05, 0.1) is 0 Å². The van der Waals surface area contributed by atoms with E-state index in [-0.39, 0.29) is 18.9 Å². The monoisotopic (exact) mass is 323 g/mol. The van der Waals surface area contributed by atoms with Crippen molar-refractivity contribution in [1.82, 2.24) is 4.90 Å². The van der Waals surface area contributed by atoms with Gasteiger partial charge in [-0.15, -0.1) is 0 Å². The van der Waals surface area contributed by atoms with Gasteiger partial charge in [0.2, 0.25) is 15.9 Å². The summed E-state index contributed by atoms with van der Waals surface area (Å²) in [5.74, 6) is -0.143. The molecule has 0 radical (unpaired) electrons. The Hall–Kier alpha value is -1.60. The van der Waals surface area contributed by atoms with Crippen LogP contribution in [0.4, 0.5) is 5.69 Å². The largest absolute Gasteiger partial charge is 0.371 e. The molecule has 0 aromatic heterocycles. The number of carbonyl (C=O) groups is 1. The minimum Gasteiger partial charge on any atom is -0.371 e. The van der Waals surface area contributed by atoms with Crippen molar-refractivity contribution in [3.63, 3.8) is 0 Å². The number of nitrogens with two attached hydrogens (primary N) is 1. The molecule has 0 bridgehead atoms. The van der Waals surface area contributed by atoms with Gasteiger partial charge < -0.3 is 9.80 Å². The molecule has 120 valence electrons. The van der Waals surface area contributed by atoms with Crippen LogP contribution < -0.4 is 10.0 Å². The summed E-state index contributed by atoms with van der Waals surface area (Å²) in [4.78, 5) is 16.0. The molecular formula is C15H21N3O3S. The highest BCUT2D eigenvalue weighted by Crippen LogP contribution is 2.27. The number of hydrogen-bond donors (Lipinski definition) is 1. The number of sulfonamides is 1. The Morgan fingerprint density at radius 3 is 2.50 bits per heavy atom. The second-order valence-electron chi connectivity index (χ2n) is 6.01. The van der Waals surface area contributed by atoms with Gasteiger partial charge in [-0.3, -0.25) is 4.79 Å². The summed E-state index contributed by atoms with van der Waals surface area (Å²) < 4.78 is 22.9. The Bertz CT molecular complexity index is 668. The van der Waals surface area contributed by atoms with E-state index in [0.29, 0.717) is 6.54 Å². The summed E-state index contributed by atoms with van der Waals surface area (Å²) in [5.41, 5.74) is 2.21. The number of primary sulfonamides is 1. The molecule has 3 rings (SSSR count). The minimum atomic E-state index is -3.66. The van der Waals surface area contributed by atoms with Crippen LogP contribution in [-0.2, 0) is 21.4 Å². The van der Waals surface area contributed by atoms with Crippen LogP contribution >= 0.6 is 0 Å². The van der Waals surface area contributed by atoms with Crippen molar-refractivity contribution in [1.29, 1.82) is 0 Å². The lowest BCUT2D eigenvalue weighted by Gasteiger charge is -2.24. The smallest absolute Gasteiger partial charge is 0.224 e. The number of hydrogen-bond acceptors (Lipinski definition) is 4. The van der Waals surface area contributed by atoms with Crippen LogP contribution in [0.25, 0.3) is 0 Å². The molecule has 0 spiro atoms. The first-order valence-corrected chi connectivity index (χ1v) is 9.18. The molecule has 1 amide bonds. The maximum atomic E-state index is 12.1. The Balaban J connectivity index is 1.78. The fourth-order valence-corrected chi connectivity index (χ4v) is 3.99. The van der Waals surface area contributed by atoms with E-state index >= 15 is 0 Å². The molecule has 2 heterocycles.